The van der Waals surface area contributed by atoms with Crippen LogP contribution in [0.5, 0.6) is 5.75 Å². The van der Waals surface area contributed by atoms with Gasteiger partial charge in [0, 0.05) is 23.5 Å². The number of amides is 1. The van der Waals surface area contributed by atoms with Crippen molar-refractivity contribution in [2.45, 2.75) is 45.8 Å². The van der Waals surface area contributed by atoms with Crippen molar-refractivity contribution < 1.29 is 19.2 Å². The van der Waals surface area contributed by atoms with Crippen LogP contribution in [-0.4, -0.2) is 34.7 Å². The Morgan fingerprint density at radius 1 is 1.12 bits per heavy atom. The lowest BCUT2D eigenvalue weighted by atomic mass is 10.1. The van der Waals surface area contributed by atoms with E-state index in [4.69, 9.17) is 9.47 Å². The molecular weight excluding hydrogens is 436 g/mol. The smallest absolute Gasteiger partial charge is 0.407 e. The molecule has 0 aliphatic carbocycles. The second kappa shape index (κ2) is 11.3. The molecule has 2 N–H and O–H groups in total. The second-order valence-electron chi connectivity index (χ2n) is 8.87. The summed E-state index contributed by atoms with van der Waals surface area (Å²) in [6.07, 6.45) is 2.09. The number of benzene rings is 2. The van der Waals surface area contributed by atoms with Gasteiger partial charge in [-0.25, -0.2) is 9.78 Å². The fraction of sp³-hybridized carbons (Fsp3) is 0.360. The third kappa shape index (κ3) is 7.33. The van der Waals surface area contributed by atoms with Crippen molar-refractivity contribution in [3.05, 3.63) is 70.4 Å². The highest BCUT2D eigenvalue weighted by atomic mass is 16.6. The van der Waals surface area contributed by atoms with E-state index in [1.165, 1.54) is 6.20 Å². The maximum Gasteiger partial charge on any atom is 0.407 e. The predicted octanol–water partition coefficient (Wildman–Crippen LogP) is 5.44. The van der Waals surface area contributed by atoms with Gasteiger partial charge in [-0.1, -0.05) is 30.3 Å². The van der Waals surface area contributed by atoms with Gasteiger partial charge >= 0.3 is 11.8 Å². The molecule has 0 saturated carbocycles. The van der Waals surface area contributed by atoms with Crippen molar-refractivity contribution in [3.63, 3.8) is 0 Å². The van der Waals surface area contributed by atoms with Crippen molar-refractivity contribution in [1.82, 2.24) is 10.3 Å². The number of nitrogens with one attached hydrogen (secondary N) is 2. The summed E-state index contributed by atoms with van der Waals surface area (Å²) in [7, 11) is 0. The highest BCUT2D eigenvalue weighted by Crippen LogP contribution is 2.33. The van der Waals surface area contributed by atoms with Crippen LogP contribution in [0.4, 0.5) is 16.2 Å². The molecule has 0 spiro atoms. The zero-order valence-electron chi connectivity index (χ0n) is 19.7. The first-order valence-electron chi connectivity index (χ1n) is 11.2. The Hall–Kier alpha value is -3.88. The minimum absolute atomic E-state index is 0.0914. The van der Waals surface area contributed by atoms with Crippen molar-refractivity contribution >= 4 is 28.4 Å². The van der Waals surface area contributed by atoms with E-state index in [-0.39, 0.29) is 17.8 Å². The Balaban J connectivity index is 1.60. The van der Waals surface area contributed by atoms with Gasteiger partial charge in [-0.3, -0.25) is 10.1 Å². The standard InChI is InChI=1S/C25H30N4O5/c1-25(2,3)28-24(30)33-14-8-7-13-26-23-20-12-11-19(34-17-18-9-5-4-6-10-18)15-21(20)27-16-22(23)29(31)32/h4-6,9-12,15-16H,7-8,13-14,17H2,1-3H3,(H,26,27)(H,28,30). The van der Waals surface area contributed by atoms with Gasteiger partial charge in [-0.05, 0) is 51.3 Å². The maximum atomic E-state index is 11.7. The molecule has 0 aliphatic heterocycles. The van der Waals surface area contributed by atoms with E-state index in [0.717, 1.165) is 5.56 Å². The van der Waals surface area contributed by atoms with Crippen LogP contribution < -0.4 is 15.4 Å². The number of rotatable bonds is 10. The Bertz CT molecular complexity index is 1130. The fourth-order valence-electron chi connectivity index (χ4n) is 3.27. The molecule has 2 aromatic carbocycles. The number of ether oxygens (including phenoxy) is 2. The predicted molar refractivity (Wildman–Crippen MR) is 131 cm³/mol. The van der Waals surface area contributed by atoms with Gasteiger partial charge in [-0.2, -0.15) is 0 Å². The lowest BCUT2D eigenvalue weighted by Gasteiger charge is -2.19. The van der Waals surface area contributed by atoms with E-state index in [1.807, 2.05) is 51.1 Å². The van der Waals surface area contributed by atoms with Crippen LogP contribution in [0.3, 0.4) is 0 Å². The lowest BCUT2D eigenvalue weighted by molar-refractivity contribution is -0.384. The highest BCUT2D eigenvalue weighted by Gasteiger charge is 2.18. The molecule has 0 bridgehead atoms. The summed E-state index contributed by atoms with van der Waals surface area (Å²) in [6.45, 7) is 6.80. The highest BCUT2D eigenvalue weighted by molar-refractivity contribution is 5.96. The number of nitro groups is 1. The number of fused-ring (bicyclic) bond motifs is 1. The van der Waals surface area contributed by atoms with Crippen molar-refractivity contribution in [2.75, 3.05) is 18.5 Å². The molecule has 1 amide bonds. The summed E-state index contributed by atoms with van der Waals surface area (Å²) in [4.78, 5) is 27.1. The van der Waals surface area contributed by atoms with Gasteiger partial charge in [0.15, 0.2) is 0 Å². The third-order valence-corrected chi connectivity index (χ3v) is 4.85. The molecule has 3 rings (SSSR count). The van der Waals surface area contributed by atoms with E-state index in [1.54, 1.807) is 18.2 Å². The molecule has 0 fully saturated rings. The molecular formula is C25H30N4O5. The van der Waals surface area contributed by atoms with Gasteiger partial charge in [-0.15, -0.1) is 0 Å². The first-order chi connectivity index (χ1) is 16.2. The monoisotopic (exact) mass is 466 g/mol. The molecule has 9 heteroatoms. The summed E-state index contributed by atoms with van der Waals surface area (Å²) >= 11 is 0. The molecule has 180 valence electrons. The minimum Gasteiger partial charge on any atom is -0.489 e. The van der Waals surface area contributed by atoms with E-state index >= 15 is 0 Å². The Morgan fingerprint density at radius 3 is 2.59 bits per heavy atom. The van der Waals surface area contributed by atoms with E-state index in [9.17, 15) is 14.9 Å². The third-order valence-electron chi connectivity index (χ3n) is 4.85. The molecule has 0 aliphatic rings. The summed E-state index contributed by atoms with van der Waals surface area (Å²) in [6, 6.07) is 15.1. The molecule has 0 atom stereocenters. The van der Waals surface area contributed by atoms with E-state index in [2.05, 4.69) is 15.6 Å². The molecule has 1 heterocycles. The zero-order chi connectivity index (χ0) is 24.6. The van der Waals surface area contributed by atoms with Gasteiger partial charge in [0.1, 0.15) is 24.2 Å². The number of carbonyl (C=O) groups excluding carboxylic acids is 1. The van der Waals surface area contributed by atoms with Crippen molar-refractivity contribution in [2.24, 2.45) is 0 Å². The molecule has 34 heavy (non-hydrogen) atoms. The second-order valence-corrected chi connectivity index (χ2v) is 8.87. The van der Waals surface area contributed by atoms with E-state index < -0.39 is 11.0 Å². The Morgan fingerprint density at radius 2 is 1.88 bits per heavy atom. The number of nitrogens with zero attached hydrogens (tertiary/aromatic N) is 2. The SMILES string of the molecule is CC(C)(C)NC(=O)OCCCCNc1c([N+](=O)[O-])cnc2cc(OCc3ccccc3)ccc12. The topological polar surface area (TPSA) is 116 Å². The summed E-state index contributed by atoms with van der Waals surface area (Å²) in [5.41, 5.74) is 1.61. The van der Waals surface area contributed by atoms with E-state index in [0.29, 0.717) is 48.3 Å². The number of anilines is 1. The van der Waals surface area contributed by atoms with Gasteiger partial charge in [0.2, 0.25) is 0 Å². The fourth-order valence-corrected chi connectivity index (χ4v) is 3.27. The average molecular weight is 467 g/mol. The summed E-state index contributed by atoms with van der Waals surface area (Å²) < 4.78 is 11.0. The van der Waals surface area contributed by atoms with Gasteiger partial charge < -0.3 is 20.1 Å². The first kappa shape index (κ1) is 24.8. The van der Waals surface area contributed by atoms with Crippen LogP contribution in [0.25, 0.3) is 10.9 Å². The number of hydrogen-bond donors (Lipinski definition) is 2. The van der Waals surface area contributed by atoms with Crippen LogP contribution in [0.15, 0.2) is 54.7 Å². The van der Waals surface area contributed by atoms with Gasteiger partial charge in [0.25, 0.3) is 0 Å². The van der Waals surface area contributed by atoms with Crippen LogP contribution in [0, 0.1) is 10.1 Å². The molecule has 3 aromatic rings. The van der Waals surface area contributed by atoms with Crippen molar-refractivity contribution in [3.8, 4) is 5.75 Å². The number of hydrogen-bond acceptors (Lipinski definition) is 7. The zero-order valence-corrected chi connectivity index (χ0v) is 19.7. The first-order valence-corrected chi connectivity index (χ1v) is 11.2. The van der Waals surface area contributed by atoms with Crippen LogP contribution in [0.1, 0.15) is 39.2 Å². The molecule has 1 aromatic heterocycles. The number of pyridine rings is 1. The lowest BCUT2D eigenvalue weighted by Crippen LogP contribution is -2.41. The molecule has 0 radical (unpaired) electrons. The number of unbranched alkanes of at least 4 members (excludes halogenated alkanes) is 1. The normalized spacial score (nSPS) is 11.1. The minimum atomic E-state index is -0.457. The Kier molecular flexibility index (Phi) is 8.24. The largest absolute Gasteiger partial charge is 0.489 e. The molecule has 9 nitrogen and oxygen atoms in total. The van der Waals surface area contributed by atoms with Gasteiger partial charge in [0.05, 0.1) is 17.0 Å². The maximum absolute atomic E-state index is 11.7. The quantitative estimate of drug-likeness (QED) is 0.232. The summed E-state index contributed by atoms with van der Waals surface area (Å²) in [5.74, 6) is 0.634. The van der Waals surface area contributed by atoms with Crippen LogP contribution in [-0.2, 0) is 11.3 Å². The summed E-state index contributed by atoms with van der Waals surface area (Å²) in [5, 5.41) is 18.1. The number of alkyl carbamates (subject to hydrolysis) is 1. The van der Waals surface area contributed by atoms with Crippen molar-refractivity contribution in [1.29, 1.82) is 0 Å². The Labute approximate surface area is 198 Å². The van der Waals surface area contributed by atoms with Crippen LogP contribution >= 0.6 is 0 Å². The average Bonchev–Trinajstić information content (AvgIpc) is 2.79. The number of aromatic nitrogens is 1. The number of carbonyl (C=O) groups is 1. The molecule has 0 unspecified atom stereocenters. The molecule has 0 saturated heterocycles. The van der Waals surface area contributed by atoms with Crippen LogP contribution in [0.2, 0.25) is 0 Å².